The van der Waals surface area contributed by atoms with Crippen molar-refractivity contribution in [2.45, 2.75) is 6.10 Å². The quantitative estimate of drug-likeness (QED) is 0.364. The standard InChI is InChI=1S/C11H7N3O3/c12-6-9(11(15)7-13)5-8-1-3-10(4-2-8)14(16)17/h1-5,11,15H. The Morgan fingerprint density at radius 2 is 2.00 bits per heavy atom. The van der Waals surface area contributed by atoms with Gasteiger partial charge in [-0.15, -0.1) is 0 Å². The highest BCUT2D eigenvalue weighted by atomic mass is 16.6. The Balaban J connectivity index is 3.03. The van der Waals surface area contributed by atoms with Crippen LogP contribution in [-0.2, 0) is 0 Å². The van der Waals surface area contributed by atoms with E-state index in [0.717, 1.165) is 0 Å². The highest BCUT2D eigenvalue weighted by Crippen LogP contribution is 2.15. The van der Waals surface area contributed by atoms with E-state index in [1.54, 1.807) is 6.07 Å². The molecule has 0 amide bonds. The zero-order valence-electron chi connectivity index (χ0n) is 8.57. The third kappa shape index (κ3) is 3.13. The second-order valence-electron chi connectivity index (χ2n) is 3.09. The van der Waals surface area contributed by atoms with Crippen LogP contribution in [0.1, 0.15) is 5.56 Å². The first-order valence-corrected chi connectivity index (χ1v) is 4.52. The molecule has 0 saturated carbocycles. The summed E-state index contributed by atoms with van der Waals surface area (Å²) in [7, 11) is 0. The van der Waals surface area contributed by atoms with Crippen LogP contribution in [0.4, 0.5) is 5.69 Å². The van der Waals surface area contributed by atoms with Gasteiger partial charge in [0.05, 0.1) is 22.6 Å². The highest BCUT2D eigenvalue weighted by Gasteiger charge is 2.09. The van der Waals surface area contributed by atoms with Crippen LogP contribution in [0.15, 0.2) is 29.8 Å². The summed E-state index contributed by atoms with van der Waals surface area (Å²) in [5.41, 5.74) is 0.323. The van der Waals surface area contributed by atoms with E-state index in [1.807, 2.05) is 0 Å². The van der Waals surface area contributed by atoms with E-state index in [0.29, 0.717) is 5.56 Å². The molecule has 1 aromatic carbocycles. The zero-order valence-corrected chi connectivity index (χ0v) is 8.57. The molecule has 0 fully saturated rings. The van der Waals surface area contributed by atoms with E-state index in [2.05, 4.69) is 0 Å². The maximum atomic E-state index is 10.4. The molecule has 0 heterocycles. The maximum absolute atomic E-state index is 10.4. The molecule has 1 N–H and O–H groups in total. The molecule has 0 aliphatic heterocycles. The van der Waals surface area contributed by atoms with Crippen molar-refractivity contribution >= 4 is 11.8 Å². The van der Waals surface area contributed by atoms with E-state index in [1.165, 1.54) is 36.4 Å². The minimum absolute atomic E-state index is 0.0681. The molecule has 0 aromatic heterocycles. The van der Waals surface area contributed by atoms with E-state index >= 15 is 0 Å². The van der Waals surface area contributed by atoms with Crippen molar-refractivity contribution in [3.05, 3.63) is 45.5 Å². The molecule has 17 heavy (non-hydrogen) atoms. The number of non-ortho nitro benzene ring substituents is 1. The molecule has 0 saturated heterocycles. The number of nitro benzene ring substituents is 1. The summed E-state index contributed by atoms with van der Waals surface area (Å²) in [6, 6.07) is 8.63. The first-order chi connectivity index (χ1) is 8.08. The van der Waals surface area contributed by atoms with Crippen molar-refractivity contribution < 1.29 is 10.0 Å². The molecule has 6 heteroatoms. The van der Waals surface area contributed by atoms with Gasteiger partial charge in [-0.1, -0.05) is 0 Å². The molecule has 84 valence electrons. The maximum Gasteiger partial charge on any atom is 0.269 e. The number of aliphatic hydroxyl groups excluding tert-OH is 1. The Bertz CT molecular complexity index is 535. The fourth-order valence-corrected chi connectivity index (χ4v) is 1.11. The van der Waals surface area contributed by atoms with Crippen LogP contribution in [0, 0.1) is 32.8 Å². The van der Waals surface area contributed by atoms with Crippen molar-refractivity contribution in [3.8, 4) is 12.1 Å². The second kappa shape index (κ2) is 5.40. The van der Waals surface area contributed by atoms with Crippen LogP contribution in [-0.4, -0.2) is 16.1 Å². The van der Waals surface area contributed by atoms with Crippen molar-refractivity contribution in [3.63, 3.8) is 0 Å². The number of nitro groups is 1. The molecule has 6 nitrogen and oxygen atoms in total. The predicted octanol–water partition coefficient (Wildman–Crippen LogP) is 1.39. The third-order valence-electron chi connectivity index (χ3n) is 1.97. The summed E-state index contributed by atoms with van der Waals surface area (Å²) in [4.78, 5) is 9.86. The molecule has 0 radical (unpaired) electrons. The predicted molar refractivity (Wildman–Crippen MR) is 58.3 cm³/mol. The van der Waals surface area contributed by atoms with Gasteiger partial charge in [-0.2, -0.15) is 10.5 Å². The average molecular weight is 229 g/mol. The molecule has 1 rings (SSSR count). The Hall–Kier alpha value is -2.70. The summed E-state index contributed by atoms with van der Waals surface area (Å²) >= 11 is 0. The van der Waals surface area contributed by atoms with Crippen molar-refractivity contribution in [1.82, 2.24) is 0 Å². The van der Waals surface area contributed by atoms with Crippen LogP contribution in [0.2, 0.25) is 0 Å². The fraction of sp³-hybridized carbons (Fsp3) is 0.0909. The first-order valence-electron chi connectivity index (χ1n) is 4.52. The van der Waals surface area contributed by atoms with Gasteiger partial charge in [0, 0.05) is 12.1 Å². The van der Waals surface area contributed by atoms with Gasteiger partial charge in [-0.25, -0.2) is 0 Å². The van der Waals surface area contributed by atoms with Crippen molar-refractivity contribution in [2.24, 2.45) is 0 Å². The number of aliphatic hydroxyl groups is 1. The van der Waals surface area contributed by atoms with Gasteiger partial charge < -0.3 is 5.11 Å². The lowest BCUT2D eigenvalue weighted by Gasteiger charge is -1.99. The SMILES string of the molecule is N#CC(=Cc1ccc([N+](=O)[O-])cc1)C(O)C#N. The Morgan fingerprint density at radius 1 is 1.41 bits per heavy atom. The summed E-state index contributed by atoms with van der Waals surface area (Å²) in [6.07, 6.45) is -0.187. The number of benzene rings is 1. The molecule has 0 bridgehead atoms. The monoisotopic (exact) mass is 229 g/mol. The van der Waals surface area contributed by atoms with Gasteiger partial charge in [0.15, 0.2) is 6.10 Å². The van der Waals surface area contributed by atoms with E-state index < -0.39 is 11.0 Å². The van der Waals surface area contributed by atoms with Crippen molar-refractivity contribution in [2.75, 3.05) is 0 Å². The number of nitrogens with zero attached hydrogens (tertiary/aromatic N) is 3. The van der Waals surface area contributed by atoms with Crippen LogP contribution >= 0.6 is 0 Å². The Kier molecular flexibility index (Phi) is 3.93. The molecular weight excluding hydrogens is 222 g/mol. The molecular formula is C11H7N3O3. The average Bonchev–Trinajstić information content (AvgIpc) is 2.35. The summed E-state index contributed by atoms with van der Waals surface area (Å²) in [5.74, 6) is 0. The topological polar surface area (TPSA) is 111 Å². The van der Waals surface area contributed by atoms with Crippen LogP contribution in [0.3, 0.4) is 0 Å². The number of hydrogen-bond acceptors (Lipinski definition) is 5. The molecule has 1 unspecified atom stereocenters. The summed E-state index contributed by atoms with van der Waals surface area (Å²) in [6.45, 7) is 0. The smallest absolute Gasteiger partial charge is 0.269 e. The molecule has 1 atom stereocenters. The van der Waals surface area contributed by atoms with E-state index in [4.69, 9.17) is 15.6 Å². The molecule has 1 aromatic rings. The lowest BCUT2D eigenvalue weighted by Crippen LogP contribution is -2.04. The minimum atomic E-state index is -1.49. The second-order valence-corrected chi connectivity index (χ2v) is 3.09. The van der Waals surface area contributed by atoms with Gasteiger partial charge >= 0.3 is 0 Å². The van der Waals surface area contributed by atoms with Gasteiger partial charge in [0.1, 0.15) is 0 Å². The summed E-state index contributed by atoms with van der Waals surface area (Å²) < 4.78 is 0. The van der Waals surface area contributed by atoms with Gasteiger partial charge in [0.25, 0.3) is 5.69 Å². The Labute approximate surface area is 96.8 Å². The van der Waals surface area contributed by atoms with Crippen LogP contribution < -0.4 is 0 Å². The molecule has 0 spiro atoms. The fourth-order valence-electron chi connectivity index (χ4n) is 1.11. The number of nitriles is 2. The minimum Gasteiger partial charge on any atom is -0.373 e. The third-order valence-corrected chi connectivity index (χ3v) is 1.97. The largest absolute Gasteiger partial charge is 0.373 e. The summed E-state index contributed by atoms with van der Waals surface area (Å²) in [5, 5.41) is 36.7. The highest BCUT2D eigenvalue weighted by molar-refractivity contribution is 5.60. The molecule has 0 aliphatic rings. The van der Waals surface area contributed by atoms with Crippen LogP contribution in [0.5, 0.6) is 0 Å². The van der Waals surface area contributed by atoms with Crippen molar-refractivity contribution in [1.29, 1.82) is 10.5 Å². The van der Waals surface area contributed by atoms with Gasteiger partial charge in [-0.05, 0) is 23.8 Å². The first kappa shape index (κ1) is 12.4. The molecule has 0 aliphatic carbocycles. The lowest BCUT2D eigenvalue weighted by molar-refractivity contribution is -0.384. The normalized spacial score (nSPS) is 12.3. The number of rotatable bonds is 3. The number of hydrogen-bond donors (Lipinski definition) is 1. The lowest BCUT2D eigenvalue weighted by atomic mass is 10.1. The zero-order chi connectivity index (χ0) is 12.8. The Morgan fingerprint density at radius 3 is 2.41 bits per heavy atom. The van der Waals surface area contributed by atoms with Gasteiger partial charge in [0.2, 0.25) is 0 Å². The van der Waals surface area contributed by atoms with Crippen LogP contribution in [0.25, 0.3) is 6.08 Å². The van der Waals surface area contributed by atoms with E-state index in [-0.39, 0.29) is 11.3 Å². The van der Waals surface area contributed by atoms with E-state index in [9.17, 15) is 10.1 Å². The van der Waals surface area contributed by atoms with Gasteiger partial charge in [-0.3, -0.25) is 10.1 Å².